The quantitative estimate of drug-likeness (QED) is 0.298. The summed E-state index contributed by atoms with van der Waals surface area (Å²) in [4.78, 5) is 8.51. The maximum atomic E-state index is 7.82. The minimum atomic E-state index is 0.117. The second-order valence-electron chi connectivity index (χ2n) is 2.22. The highest BCUT2D eigenvalue weighted by atomic mass is 17.2. The average molecular weight is 164 g/mol. The lowest BCUT2D eigenvalue weighted by atomic mass is 10.2. The van der Waals surface area contributed by atoms with Gasteiger partial charge in [0.2, 0.25) is 0 Å². The number of hydrazine groups is 1. The molecule has 0 radical (unpaired) electrons. The van der Waals surface area contributed by atoms with E-state index in [-0.39, 0.29) is 6.10 Å². The van der Waals surface area contributed by atoms with Crippen molar-refractivity contribution in [3.8, 4) is 0 Å². The molecule has 1 aliphatic heterocycles. The summed E-state index contributed by atoms with van der Waals surface area (Å²) in [7, 11) is 0. The van der Waals surface area contributed by atoms with Crippen LogP contribution in [0.3, 0.4) is 0 Å². The normalized spacial score (nSPS) is 20.5. The van der Waals surface area contributed by atoms with Gasteiger partial charge >= 0.3 is 0 Å². The van der Waals surface area contributed by atoms with Crippen LogP contribution in [0.4, 0.5) is 0 Å². The topological polar surface area (TPSA) is 72.0 Å². The molecule has 0 aromatic carbocycles. The summed E-state index contributed by atoms with van der Waals surface area (Å²) >= 11 is 0. The standard InChI is InChI=1S/C5H12N2O4/c8-11-7-6-10-5-1-3-9-4-2-5/h5-8H,1-4H2. The summed E-state index contributed by atoms with van der Waals surface area (Å²) in [5.74, 6) is 0. The first kappa shape index (κ1) is 8.85. The van der Waals surface area contributed by atoms with Crippen LogP contribution in [-0.2, 0) is 14.6 Å². The van der Waals surface area contributed by atoms with Gasteiger partial charge in [0.1, 0.15) is 0 Å². The maximum Gasteiger partial charge on any atom is 0.0851 e. The lowest BCUT2D eigenvalue weighted by molar-refractivity contribution is -0.330. The molecule has 6 nitrogen and oxygen atoms in total. The molecular formula is C5H12N2O4. The lowest BCUT2D eigenvalue weighted by Gasteiger charge is -2.21. The van der Waals surface area contributed by atoms with Crippen LogP contribution in [-0.4, -0.2) is 24.6 Å². The summed E-state index contributed by atoms with van der Waals surface area (Å²) < 4.78 is 5.10. The van der Waals surface area contributed by atoms with Crippen molar-refractivity contribution < 1.29 is 19.8 Å². The average Bonchev–Trinajstić information content (AvgIpc) is 2.07. The van der Waals surface area contributed by atoms with E-state index in [4.69, 9.17) is 14.8 Å². The molecule has 1 heterocycles. The van der Waals surface area contributed by atoms with Crippen molar-refractivity contribution in [3.63, 3.8) is 0 Å². The third-order valence-electron chi connectivity index (χ3n) is 1.48. The molecule has 11 heavy (non-hydrogen) atoms. The fraction of sp³-hybridized carbons (Fsp3) is 1.00. The fourth-order valence-electron chi connectivity index (χ4n) is 0.920. The van der Waals surface area contributed by atoms with Crippen LogP contribution in [0.25, 0.3) is 0 Å². The van der Waals surface area contributed by atoms with Crippen LogP contribution >= 0.6 is 0 Å². The molecule has 66 valence electrons. The Morgan fingerprint density at radius 1 is 1.27 bits per heavy atom. The second kappa shape index (κ2) is 5.42. The second-order valence-corrected chi connectivity index (χ2v) is 2.22. The van der Waals surface area contributed by atoms with Gasteiger partial charge in [-0.3, -0.25) is 4.84 Å². The van der Waals surface area contributed by atoms with Gasteiger partial charge in [0.15, 0.2) is 0 Å². The molecule has 0 saturated carbocycles. The van der Waals surface area contributed by atoms with Gasteiger partial charge in [-0.15, -0.1) is 10.6 Å². The molecule has 1 fully saturated rings. The smallest absolute Gasteiger partial charge is 0.0851 e. The molecule has 3 N–H and O–H groups in total. The Morgan fingerprint density at radius 3 is 2.64 bits per heavy atom. The third kappa shape index (κ3) is 3.61. The Morgan fingerprint density at radius 2 is 2.00 bits per heavy atom. The lowest BCUT2D eigenvalue weighted by Crippen LogP contribution is -2.37. The van der Waals surface area contributed by atoms with Crippen molar-refractivity contribution in [2.75, 3.05) is 13.2 Å². The van der Waals surface area contributed by atoms with Gasteiger partial charge in [-0.05, 0) is 12.8 Å². The SMILES string of the molecule is OONNOC1CCOCC1. The molecule has 0 unspecified atom stereocenters. The molecule has 0 aliphatic carbocycles. The van der Waals surface area contributed by atoms with Crippen LogP contribution in [0.1, 0.15) is 12.8 Å². The number of hydrogen-bond donors (Lipinski definition) is 3. The van der Waals surface area contributed by atoms with Crippen molar-refractivity contribution in [1.29, 1.82) is 0 Å². The van der Waals surface area contributed by atoms with Gasteiger partial charge in [-0.2, -0.15) is 0 Å². The number of rotatable bonds is 4. The first-order valence-electron chi connectivity index (χ1n) is 3.47. The fourth-order valence-corrected chi connectivity index (χ4v) is 0.920. The van der Waals surface area contributed by atoms with Crippen LogP contribution in [0.2, 0.25) is 0 Å². The van der Waals surface area contributed by atoms with Crippen LogP contribution in [0.5, 0.6) is 0 Å². The summed E-state index contributed by atoms with van der Waals surface area (Å²) in [6.07, 6.45) is 1.81. The Labute approximate surface area is 64.2 Å². The molecule has 0 spiro atoms. The van der Waals surface area contributed by atoms with E-state index in [0.29, 0.717) is 13.2 Å². The molecule has 1 aliphatic rings. The van der Waals surface area contributed by atoms with E-state index in [0.717, 1.165) is 12.8 Å². The predicted octanol–water partition coefficient (Wildman–Crippen LogP) is -0.404. The number of nitrogens with one attached hydrogen (secondary N) is 2. The van der Waals surface area contributed by atoms with E-state index in [9.17, 15) is 0 Å². The minimum Gasteiger partial charge on any atom is -0.381 e. The molecule has 0 amide bonds. The van der Waals surface area contributed by atoms with E-state index < -0.39 is 0 Å². The van der Waals surface area contributed by atoms with E-state index in [1.165, 1.54) is 0 Å². The first-order chi connectivity index (χ1) is 5.43. The highest BCUT2D eigenvalue weighted by molar-refractivity contribution is 4.60. The van der Waals surface area contributed by atoms with Gasteiger partial charge < -0.3 is 4.74 Å². The summed E-state index contributed by atoms with van der Waals surface area (Å²) in [6, 6.07) is 0. The van der Waals surface area contributed by atoms with Gasteiger partial charge in [-0.25, -0.2) is 5.26 Å². The van der Waals surface area contributed by atoms with E-state index >= 15 is 0 Å². The summed E-state index contributed by atoms with van der Waals surface area (Å²) in [6.45, 7) is 1.43. The molecule has 0 bridgehead atoms. The van der Waals surface area contributed by atoms with Gasteiger partial charge in [-0.1, -0.05) is 5.59 Å². The number of ether oxygens (including phenoxy) is 1. The van der Waals surface area contributed by atoms with Crippen molar-refractivity contribution >= 4 is 0 Å². The molecule has 1 rings (SSSR count). The van der Waals surface area contributed by atoms with Crippen molar-refractivity contribution in [2.24, 2.45) is 0 Å². The Hall–Kier alpha value is -0.240. The molecule has 6 heteroatoms. The highest BCUT2D eigenvalue weighted by Crippen LogP contribution is 2.08. The maximum absolute atomic E-state index is 7.82. The molecule has 0 aromatic heterocycles. The summed E-state index contributed by atoms with van der Waals surface area (Å²) in [5.41, 5.74) is 4.17. The Bertz CT molecular complexity index is 96.5. The Balaban J connectivity index is 1.96. The monoisotopic (exact) mass is 164 g/mol. The van der Waals surface area contributed by atoms with Crippen LogP contribution in [0.15, 0.2) is 0 Å². The zero-order valence-corrected chi connectivity index (χ0v) is 6.08. The zero-order chi connectivity index (χ0) is 7.94. The number of hydrogen-bond acceptors (Lipinski definition) is 6. The van der Waals surface area contributed by atoms with Crippen molar-refractivity contribution in [2.45, 2.75) is 18.9 Å². The van der Waals surface area contributed by atoms with Gasteiger partial charge in [0.25, 0.3) is 0 Å². The van der Waals surface area contributed by atoms with Gasteiger partial charge in [0.05, 0.1) is 6.10 Å². The largest absolute Gasteiger partial charge is 0.381 e. The molecule has 0 aromatic rings. The van der Waals surface area contributed by atoms with E-state index in [1.807, 2.05) is 5.59 Å². The molecule has 0 atom stereocenters. The first-order valence-corrected chi connectivity index (χ1v) is 3.47. The van der Waals surface area contributed by atoms with Gasteiger partial charge in [0, 0.05) is 13.2 Å². The van der Waals surface area contributed by atoms with E-state index in [2.05, 4.69) is 10.6 Å². The third-order valence-corrected chi connectivity index (χ3v) is 1.48. The highest BCUT2D eigenvalue weighted by Gasteiger charge is 2.13. The Kier molecular flexibility index (Phi) is 4.36. The molecular weight excluding hydrogens is 152 g/mol. The van der Waals surface area contributed by atoms with Crippen LogP contribution < -0.4 is 11.2 Å². The van der Waals surface area contributed by atoms with Crippen molar-refractivity contribution in [1.82, 2.24) is 11.2 Å². The van der Waals surface area contributed by atoms with E-state index in [1.54, 1.807) is 0 Å². The van der Waals surface area contributed by atoms with Crippen molar-refractivity contribution in [3.05, 3.63) is 0 Å². The minimum absolute atomic E-state index is 0.117. The predicted molar refractivity (Wildman–Crippen MR) is 34.9 cm³/mol. The summed E-state index contributed by atoms with van der Waals surface area (Å²) in [5, 5.41) is 7.82. The van der Waals surface area contributed by atoms with Crippen LogP contribution in [0, 0.1) is 0 Å². The zero-order valence-electron chi connectivity index (χ0n) is 6.08. The molecule has 1 saturated heterocycles.